The molecule has 154 valence electrons. The number of aromatic nitrogens is 2. The van der Waals surface area contributed by atoms with Crippen molar-refractivity contribution in [2.24, 2.45) is 0 Å². The van der Waals surface area contributed by atoms with Crippen LogP contribution in [-0.2, 0) is 13.0 Å². The van der Waals surface area contributed by atoms with Gasteiger partial charge in [0.2, 0.25) is 5.95 Å². The minimum atomic E-state index is 0.363. The van der Waals surface area contributed by atoms with Gasteiger partial charge in [-0.3, -0.25) is 4.90 Å². The fourth-order valence-electron chi connectivity index (χ4n) is 5.12. The minimum absolute atomic E-state index is 0.363. The molecule has 1 saturated carbocycles. The van der Waals surface area contributed by atoms with Gasteiger partial charge in [-0.2, -0.15) is 4.98 Å². The Hall–Kier alpha value is -2.18. The molecule has 1 saturated heterocycles. The Morgan fingerprint density at radius 3 is 2.52 bits per heavy atom. The van der Waals surface area contributed by atoms with E-state index in [4.69, 9.17) is 5.73 Å². The zero-order valence-electron chi connectivity index (χ0n) is 17.5. The first-order valence-electron chi connectivity index (χ1n) is 11.1. The average molecular weight is 393 g/mol. The SMILES string of the molecule is CN1CCN(c2cc(-c3ccc4c(c3)CN(C3CCCC3)CC4)nc(N)n2)CC1. The number of nitrogens with zero attached hydrogens (tertiary/aromatic N) is 5. The first kappa shape index (κ1) is 18.8. The fraction of sp³-hybridized carbons (Fsp3) is 0.565. The van der Waals surface area contributed by atoms with Gasteiger partial charge in [0.1, 0.15) is 5.82 Å². The van der Waals surface area contributed by atoms with Crippen LogP contribution in [0.3, 0.4) is 0 Å². The Balaban J connectivity index is 1.40. The number of nitrogens with two attached hydrogens (primary N) is 1. The van der Waals surface area contributed by atoms with Crippen LogP contribution >= 0.6 is 0 Å². The number of hydrogen-bond acceptors (Lipinski definition) is 6. The lowest BCUT2D eigenvalue weighted by Crippen LogP contribution is -2.44. The van der Waals surface area contributed by atoms with E-state index in [9.17, 15) is 0 Å². The maximum Gasteiger partial charge on any atom is 0.222 e. The molecule has 2 fully saturated rings. The summed E-state index contributed by atoms with van der Waals surface area (Å²) in [7, 11) is 2.17. The Morgan fingerprint density at radius 2 is 1.72 bits per heavy atom. The highest BCUT2D eigenvalue weighted by Gasteiger charge is 2.26. The van der Waals surface area contributed by atoms with E-state index in [2.05, 4.69) is 56.0 Å². The summed E-state index contributed by atoms with van der Waals surface area (Å²) in [6.45, 7) is 6.33. The van der Waals surface area contributed by atoms with Crippen LogP contribution in [0.15, 0.2) is 24.3 Å². The molecule has 0 bridgehead atoms. The van der Waals surface area contributed by atoms with E-state index >= 15 is 0 Å². The topological polar surface area (TPSA) is 61.5 Å². The van der Waals surface area contributed by atoms with Crippen molar-refractivity contribution < 1.29 is 0 Å². The molecule has 0 amide bonds. The third-order valence-electron chi connectivity index (χ3n) is 6.94. The molecular weight excluding hydrogens is 360 g/mol. The number of benzene rings is 1. The molecule has 6 heteroatoms. The van der Waals surface area contributed by atoms with Crippen LogP contribution in [0.25, 0.3) is 11.3 Å². The molecule has 1 aromatic heterocycles. The number of hydrogen-bond donors (Lipinski definition) is 1. The molecule has 29 heavy (non-hydrogen) atoms. The smallest absolute Gasteiger partial charge is 0.222 e. The summed E-state index contributed by atoms with van der Waals surface area (Å²) in [5.41, 5.74) is 11.1. The Bertz CT molecular complexity index is 868. The third kappa shape index (κ3) is 3.96. The van der Waals surface area contributed by atoms with E-state index in [0.717, 1.165) is 62.3 Å². The number of rotatable bonds is 3. The predicted octanol–water partition coefficient (Wildman–Crippen LogP) is 2.78. The first-order chi connectivity index (χ1) is 14.2. The van der Waals surface area contributed by atoms with E-state index in [0.29, 0.717) is 5.95 Å². The van der Waals surface area contributed by atoms with Crippen molar-refractivity contribution in [3.63, 3.8) is 0 Å². The van der Waals surface area contributed by atoms with Crippen molar-refractivity contribution in [2.45, 2.75) is 44.7 Å². The Kier molecular flexibility index (Phi) is 5.14. The van der Waals surface area contributed by atoms with Gasteiger partial charge in [-0.15, -0.1) is 0 Å². The summed E-state index contributed by atoms with van der Waals surface area (Å²) in [6.07, 6.45) is 6.68. The molecule has 1 aromatic carbocycles. The highest BCUT2D eigenvalue weighted by Crippen LogP contribution is 2.31. The quantitative estimate of drug-likeness (QED) is 0.867. The maximum absolute atomic E-state index is 6.11. The normalized spacial score (nSPS) is 21.5. The van der Waals surface area contributed by atoms with Crippen LogP contribution < -0.4 is 10.6 Å². The number of piperazine rings is 1. The Morgan fingerprint density at radius 1 is 0.931 bits per heavy atom. The number of fused-ring (bicyclic) bond motifs is 1. The minimum Gasteiger partial charge on any atom is -0.368 e. The van der Waals surface area contributed by atoms with Crippen molar-refractivity contribution >= 4 is 11.8 Å². The average Bonchev–Trinajstić information content (AvgIpc) is 3.28. The molecule has 3 heterocycles. The van der Waals surface area contributed by atoms with Crippen molar-refractivity contribution in [3.05, 3.63) is 35.4 Å². The molecule has 0 spiro atoms. The lowest BCUT2D eigenvalue weighted by Gasteiger charge is -2.34. The second-order valence-corrected chi connectivity index (χ2v) is 8.90. The van der Waals surface area contributed by atoms with E-state index < -0.39 is 0 Å². The van der Waals surface area contributed by atoms with Crippen LogP contribution in [0.2, 0.25) is 0 Å². The number of likely N-dealkylation sites (N-methyl/N-ethyl adjacent to an activating group) is 1. The monoisotopic (exact) mass is 392 g/mol. The molecule has 2 N–H and O–H groups in total. The van der Waals surface area contributed by atoms with Gasteiger partial charge in [0.25, 0.3) is 0 Å². The second kappa shape index (κ2) is 7.92. The number of anilines is 2. The second-order valence-electron chi connectivity index (χ2n) is 8.90. The molecule has 5 rings (SSSR count). The fourth-order valence-corrected chi connectivity index (χ4v) is 5.12. The summed E-state index contributed by atoms with van der Waals surface area (Å²) in [6, 6.07) is 9.74. The highest BCUT2D eigenvalue weighted by molar-refractivity contribution is 5.66. The zero-order valence-corrected chi connectivity index (χ0v) is 17.5. The lowest BCUT2D eigenvalue weighted by atomic mass is 9.95. The first-order valence-corrected chi connectivity index (χ1v) is 11.1. The van der Waals surface area contributed by atoms with Gasteiger partial charge in [0.05, 0.1) is 5.69 Å². The van der Waals surface area contributed by atoms with E-state index in [1.165, 1.54) is 43.4 Å². The van der Waals surface area contributed by atoms with Crippen LogP contribution in [0.5, 0.6) is 0 Å². The molecule has 0 radical (unpaired) electrons. The Labute approximate surface area is 173 Å². The summed E-state index contributed by atoms with van der Waals surface area (Å²) in [4.78, 5) is 16.5. The van der Waals surface area contributed by atoms with Gasteiger partial charge in [-0.1, -0.05) is 25.0 Å². The van der Waals surface area contributed by atoms with Crippen LogP contribution in [0.4, 0.5) is 11.8 Å². The standard InChI is InChI=1S/C23H32N6/c1-27-10-12-28(13-11-27)22-15-21(25-23(24)26-22)18-7-6-17-8-9-29(16-19(17)14-18)20-4-2-3-5-20/h6-7,14-15,20H,2-5,8-13,16H2,1H3,(H2,24,25,26). The molecule has 0 unspecified atom stereocenters. The molecule has 3 aliphatic rings. The van der Waals surface area contributed by atoms with Crippen LogP contribution in [-0.4, -0.2) is 65.6 Å². The van der Waals surface area contributed by atoms with E-state index in [1.54, 1.807) is 0 Å². The summed E-state index contributed by atoms with van der Waals surface area (Å²) in [5, 5.41) is 0. The zero-order chi connectivity index (χ0) is 19.8. The van der Waals surface area contributed by atoms with Crippen molar-refractivity contribution in [3.8, 4) is 11.3 Å². The molecule has 2 aromatic rings. The summed E-state index contributed by atoms with van der Waals surface area (Å²) < 4.78 is 0. The predicted molar refractivity (Wildman–Crippen MR) is 118 cm³/mol. The summed E-state index contributed by atoms with van der Waals surface area (Å²) >= 11 is 0. The van der Waals surface area contributed by atoms with Gasteiger partial charge in [-0.25, -0.2) is 4.98 Å². The van der Waals surface area contributed by atoms with Gasteiger partial charge in [-0.05, 0) is 43.5 Å². The number of nitrogen functional groups attached to an aromatic ring is 1. The molecule has 0 atom stereocenters. The van der Waals surface area contributed by atoms with Gasteiger partial charge < -0.3 is 15.5 Å². The molecule has 1 aliphatic carbocycles. The van der Waals surface area contributed by atoms with Crippen molar-refractivity contribution in [1.29, 1.82) is 0 Å². The largest absolute Gasteiger partial charge is 0.368 e. The van der Waals surface area contributed by atoms with Crippen molar-refractivity contribution in [1.82, 2.24) is 19.8 Å². The van der Waals surface area contributed by atoms with Gasteiger partial charge >= 0.3 is 0 Å². The van der Waals surface area contributed by atoms with Gasteiger partial charge in [0.15, 0.2) is 0 Å². The maximum atomic E-state index is 6.11. The lowest BCUT2D eigenvalue weighted by molar-refractivity contribution is 0.181. The molecular formula is C23H32N6. The van der Waals surface area contributed by atoms with E-state index in [1.807, 2.05) is 0 Å². The van der Waals surface area contributed by atoms with Gasteiger partial charge in [0, 0.05) is 56.9 Å². The summed E-state index contributed by atoms with van der Waals surface area (Å²) in [5.74, 6) is 1.31. The third-order valence-corrected chi connectivity index (χ3v) is 6.94. The molecule has 2 aliphatic heterocycles. The van der Waals surface area contributed by atoms with E-state index in [-0.39, 0.29) is 0 Å². The van der Waals surface area contributed by atoms with Crippen LogP contribution in [0.1, 0.15) is 36.8 Å². The van der Waals surface area contributed by atoms with Crippen LogP contribution in [0, 0.1) is 0 Å². The van der Waals surface area contributed by atoms with Crippen molar-refractivity contribution in [2.75, 3.05) is 50.4 Å². The highest BCUT2D eigenvalue weighted by atomic mass is 15.3. The molecule has 6 nitrogen and oxygen atoms in total.